The third-order valence-electron chi connectivity index (χ3n) is 6.35. The highest BCUT2D eigenvalue weighted by Gasteiger charge is 2.31. The van der Waals surface area contributed by atoms with Crippen molar-refractivity contribution in [2.75, 3.05) is 18.5 Å². The third kappa shape index (κ3) is 6.49. The minimum atomic E-state index is -0.941. The van der Waals surface area contributed by atoms with Gasteiger partial charge in [0.25, 0.3) is 5.24 Å². The molecule has 1 saturated heterocycles. The van der Waals surface area contributed by atoms with Gasteiger partial charge < -0.3 is 20.3 Å². The first-order valence-corrected chi connectivity index (χ1v) is 13.0. The Hall–Kier alpha value is -3.40. The first-order chi connectivity index (χ1) is 17.7. The summed E-state index contributed by atoms with van der Waals surface area (Å²) in [6, 6.07) is 16.0. The fourth-order valence-electron chi connectivity index (χ4n) is 4.36. The smallest absolute Gasteiger partial charge is 0.286 e. The molecule has 2 atom stereocenters. The van der Waals surface area contributed by atoms with Crippen LogP contribution >= 0.6 is 11.8 Å². The number of aromatic nitrogens is 1. The van der Waals surface area contributed by atoms with Crippen LogP contribution in [0.3, 0.4) is 0 Å². The summed E-state index contributed by atoms with van der Waals surface area (Å²) in [6.45, 7) is 6.31. The van der Waals surface area contributed by atoms with Crippen molar-refractivity contribution in [2.45, 2.75) is 45.1 Å². The van der Waals surface area contributed by atoms with Gasteiger partial charge in [-0.1, -0.05) is 42.1 Å². The zero-order chi connectivity index (χ0) is 26.5. The average molecular weight is 522 g/mol. The number of amides is 2. The van der Waals surface area contributed by atoms with Crippen LogP contribution in [0.4, 0.5) is 10.5 Å². The molecule has 0 aliphatic carbocycles. The van der Waals surface area contributed by atoms with Crippen molar-refractivity contribution in [3.63, 3.8) is 0 Å². The van der Waals surface area contributed by atoms with Gasteiger partial charge >= 0.3 is 0 Å². The number of ether oxygens (including phenoxy) is 1. The van der Waals surface area contributed by atoms with E-state index in [-0.39, 0.29) is 29.6 Å². The fraction of sp³-hybridized carbons (Fsp3) is 0.321. The number of aliphatic hydroxyl groups excluding tert-OH is 2. The second-order valence-electron chi connectivity index (χ2n) is 9.11. The van der Waals surface area contributed by atoms with Crippen molar-refractivity contribution in [3.8, 4) is 17.0 Å². The van der Waals surface area contributed by atoms with Crippen LogP contribution in [0.25, 0.3) is 11.1 Å². The van der Waals surface area contributed by atoms with Crippen molar-refractivity contribution in [1.82, 2.24) is 10.3 Å². The minimum Gasteiger partial charge on any atom is -0.475 e. The van der Waals surface area contributed by atoms with Gasteiger partial charge in [0.1, 0.15) is 12.7 Å². The summed E-state index contributed by atoms with van der Waals surface area (Å²) < 4.78 is 5.54. The Bertz CT molecular complexity index is 1270. The molecule has 1 fully saturated rings. The number of benzene rings is 2. The van der Waals surface area contributed by atoms with Crippen molar-refractivity contribution in [1.29, 1.82) is 0 Å². The number of nitrogens with one attached hydrogen (secondary N) is 2. The lowest BCUT2D eigenvalue weighted by atomic mass is 9.92. The zero-order valence-electron chi connectivity index (χ0n) is 21.1. The minimum absolute atomic E-state index is 0.0164. The highest BCUT2D eigenvalue weighted by molar-refractivity contribution is 8.15. The molecule has 0 bridgehead atoms. The molecule has 2 aromatic carbocycles. The Morgan fingerprint density at radius 1 is 1.14 bits per heavy atom. The molecule has 4 N–H and O–H groups in total. The maximum absolute atomic E-state index is 11.8. The van der Waals surface area contributed by atoms with Crippen LogP contribution in [0, 0.1) is 20.8 Å². The summed E-state index contributed by atoms with van der Waals surface area (Å²) in [5.74, 6) is 0.194. The second kappa shape index (κ2) is 11.8. The molecule has 1 aliphatic rings. The number of rotatable bonds is 10. The lowest BCUT2D eigenvalue weighted by Gasteiger charge is -2.18. The van der Waals surface area contributed by atoms with Crippen molar-refractivity contribution in [3.05, 3.63) is 76.5 Å². The number of imide groups is 1. The van der Waals surface area contributed by atoms with E-state index in [1.807, 2.05) is 50.2 Å². The molecular formula is C28H31N3O5S. The van der Waals surface area contributed by atoms with Crippen LogP contribution in [-0.4, -0.2) is 50.9 Å². The largest absolute Gasteiger partial charge is 0.475 e. The lowest BCUT2D eigenvalue weighted by Crippen LogP contribution is -2.25. The molecule has 0 saturated carbocycles. The standard InChI is InChI=1S/C28H31N3O5S/c1-16-11-25(36-15-22(33)14-32)30-18(3)26(16)23-6-4-5-20(17(23)2)13-29-21-9-7-19(8-10-21)12-24-27(34)31-28(35)37-24/h4-11,22,24,29,32-33H,12-15H2,1-3H3,(H,31,34,35)/t22-,24?/m0/s1. The first-order valence-electron chi connectivity index (χ1n) is 12.1. The Morgan fingerprint density at radius 3 is 2.54 bits per heavy atom. The topological polar surface area (TPSA) is 121 Å². The highest BCUT2D eigenvalue weighted by atomic mass is 32.2. The number of aryl methyl sites for hydroxylation is 2. The number of pyridine rings is 1. The van der Waals surface area contributed by atoms with Crippen molar-refractivity contribution >= 4 is 28.6 Å². The van der Waals surface area contributed by atoms with E-state index in [2.05, 4.69) is 34.7 Å². The van der Waals surface area contributed by atoms with Crippen molar-refractivity contribution in [2.24, 2.45) is 0 Å². The van der Waals surface area contributed by atoms with E-state index in [0.717, 1.165) is 56.5 Å². The molecule has 37 heavy (non-hydrogen) atoms. The van der Waals surface area contributed by atoms with Gasteiger partial charge in [0.15, 0.2) is 0 Å². The Morgan fingerprint density at radius 2 is 1.89 bits per heavy atom. The number of anilines is 1. The summed E-state index contributed by atoms with van der Waals surface area (Å²) in [5.41, 5.74) is 8.26. The number of carbonyl (C=O) groups is 2. The van der Waals surface area contributed by atoms with E-state index in [0.29, 0.717) is 18.8 Å². The molecule has 1 unspecified atom stereocenters. The molecule has 0 radical (unpaired) electrons. The number of thioether (sulfide) groups is 1. The molecule has 4 rings (SSSR count). The van der Waals surface area contributed by atoms with E-state index in [4.69, 9.17) is 9.84 Å². The quantitative estimate of drug-likeness (QED) is 0.317. The highest BCUT2D eigenvalue weighted by Crippen LogP contribution is 2.33. The number of hydrogen-bond acceptors (Lipinski definition) is 8. The van der Waals surface area contributed by atoms with Gasteiger partial charge in [-0.2, -0.15) is 0 Å². The van der Waals surface area contributed by atoms with Crippen LogP contribution < -0.4 is 15.4 Å². The number of hydrogen-bond donors (Lipinski definition) is 4. The van der Waals surface area contributed by atoms with Gasteiger partial charge in [-0.05, 0) is 67.1 Å². The zero-order valence-corrected chi connectivity index (χ0v) is 21.9. The van der Waals surface area contributed by atoms with Crippen LogP contribution in [0.2, 0.25) is 0 Å². The summed E-state index contributed by atoms with van der Waals surface area (Å²) >= 11 is 1.04. The van der Waals surface area contributed by atoms with Gasteiger partial charge in [-0.25, -0.2) is 4.98 Å². The monoisotopic (exact) mass is 521 g/mol. The number of nitrogens with zero attached hydrogens (tertiary/aromatic N) is 1. The summed E-state index contributed by atoms with van der Waals surface area (Å²) in [4.78, 5) is 27.7. The van der Waals surface area contributed by atoms with E-state index in [1.54, 1.807) is 0 Å². The molecule has 9 heteroatoms. The van der Waals surface area contributed by atoms with Crippen LogP contribution in [-0.2, 0) is 17.8 Å². The molecule has 3 aromatic rings. The predicted octanol–water partition coefficient (Wildman–Crippen LogP) is 3.91. The molecule has 2 heterocycles. The van der Waals surface area contributed by atoms with Crippen LogP contribution in [0.5, 0.6) is 5.88 Å². The summed E-state index contributed by atoms with van der Waals surface area (Å²) in [6.07, 6.45) is -0.425. The normalized spacial score (nSPS) is 16.0. The molecule has 0 spiro atoms. The summed E-state index contributed by atoms with van der Waals surface area (Å²) in [5, 5.41) is 23.7. The van der Waals surface area contributed by atoms with E-state index in [1.165, 1.54) is 0 Å². The molecule has 194 valence electrons. The fourth-order valence-corrected chi connectivity index (χ4v) is 5.21. The third-order valence-corrected chi connectivity index (χ3v) is 7.33. The van der Waals surface area contributed by atoms with Gasteiger partial charge in [-0.3, -0.25) is 14.9 Å². The van der Waals surface area contributed by atoms with Crippen LogP contribution in [0.1, 0.15) is 27.9 Å². The van der Waals surface area contributed by atoms with Crippen molar-refractivity contribution < 1.29 is 24.5 Å². The average Bonchev–Trinajstić information content (AvgIpc) is 3.19. The van der Waals surface area contributed by atoms with Gasteiger partial charge in [0, 0.05) is 29.6 Å². The molecule has 2 amide bonds. The van der Waals surface area contributed by atoms with E-state index < -0.39 is 6.10 Å². The van der Waals surface area contributed by atoms with Gasteiger partial charge in [0.05, 0.1) is 11.9 Å². The van der Waals surface area contributed by atoms with E-state index >= 15 is 0 Å². The molecular weight excluding hydrogens is 490 g/mol. The Kier molecular flexibility index (Phi) is 8.48. The first kappa shape index (κ1) is 26.7. The lowest BCUT2D eigenvalue weighted by molar-refractivity contribution is -0.118. The maximum Gasteiger partial charge on any atom is 0.286 e. The Labute approximate surface area is 220 Å². The van der Waals surface area contributed by atoms with Gasteiger partial charge in [-0.15, -0.1) is 0 Å². The molecule has 1 aromatic heterocycles. The summed E-state index contributed by atoms with van der Waals surface area (Å²) in [7, 11) is 0. The number of aliphatic hydroxyl groups is 2. The van der Waals surface area contributed by atoms with E-state index in [9.17, 15) is 14.7 Å². The maximum atomic E-state index is 11.8. The molecule has 1 aliphatic heterocycles. The predicted molar refractivity (Wildman–Crippen MR) is 145 cm³/mol. The van der Waals surface area contributed by atoms with Crippen LogP contribution in [0.15, 0.2) is 48.5 Å². The number of carbonyl (C=O) groups excluding carboxylic acids is 2. The van der Waals surface area contributed by atoms with Gasteiger partial charge in [0.2, 0.25) is 11.8 Å². The Balaban J connectivity index is 1.44. The second-order valence-corrected chi connectivity index (χ2v) is 10.3. The molecule has 8 nitrogen and oxygen atoms in total. The SMILES string of the molecule is Cc1cc(OC[C@@H](O)CO)nc(C)c1-c1cccc(CNc2ccc(CC3SC(=O)NC3=O)cc2)c1C.